The van der Waals surface area contributed by atoms with Gasteiger partial charge in [-0.2, -0.15) is 0 Å². The van der Waals surface area contributed by atoms with E-state index in [2.05, 4.69) is 17.2 Å². The molecule has 11 heteroatoms. The zero-order valence-electron chi connectivity index (χ0n) is 21.5. The number of esters is 1. The zero-order chi connectivity index (χ0) is 27.9. The van der Waals surface area contributed by atoms with Gasteiger partial charge in [-0.1, -0.05) is 18.8 Å². The number of hydrogen-bond acceptors (Lipinski definition) is 8. The summed E-state index contributed by atoms with van der Waals surface area (Å²) in [7, 11) is 0. The number of carbonyl (C=O) groups is 2. The average molecular weight is 535 g/mol. The molecule has 3 aromatic rings. The van der Waals surface area contributed by atoms with E-state index < -0.39 is 22.9 Å². The van der Waals surface area contributed by atoms with E-state index in [1.54, 1.807) is 26.0 Å². The minimum Gasteiger partial charge on any atom is -0.458 e. The Kier molecular flexibility index (Phi) is 6.94. The highest BCUT2D eigenvalue weighted by Gasteiger charge is 2.45. The number of cyclic esters (lactones) is 1. The van der Waals surface area contributed by atoms with E-state index >= 15 is 0 Å². The van der Waals surface area contributed by atoms with Gasteiger partial charge in [0, 0.05) is 34.6 Å². The lowest BCUT2D eigenvalue weighted by Crippen LogP contribution is -2.44. The molecule has 1 amide bonds. The standard InChI is InChI=1S/C28H27FN4O6/c1-3-28(37)20-9-23-25-18(12-33(23)26(35)19(20)13-39-27(28)36)16(6-4-5-7-38-14-31-24(34)11-30)17-8-15(2)21(29)10-22(17)32-25/h8-10,37H,3,5,7,11-14,30H2,1-2H3,(H,31,34)/t28-/m0/s1. The number of halogens is 1. The van der Waals surface area contributed by atoms with Crippen molar-refractivity contribution in [1.29, 1.82) is 0 Å². The number of rotatable bonds is 6. The summed E-state index contributed by atoms with van der Waals surface area (Å²) in [5.41, 5.74) is 6.26. The highest BCUT2D eigenvalue weighted by atomic mass is 19.1. The summed E-state index contributed by atoms with van der Waals surface area (Å²) in [6.45, 7) is 3.37. The fourth-order valence-corrected chi connectivity index (χ4v) is 4.90. The van der Waals surface area contributed by atoms with Crippen molar-refractivity contribution in [2.45, 2.75) is 45.4 Å². The molecule has 39 heavy (non-hydrogen) atoms. The van der Waals surface area contributed by atoms with Crippen molar-refractivity contribution >= 4 is 22.8 Å². The minimum atomic E-state index is -1.95. The molecule has 0 saturated heterocycles. The number of ether oxygens (including phenoxy) is 2. The van der Waals surface area contributed by atoms with Crippen molar-refractivity contribution in [3.05, 3.63) is 62.2 Å². The Morgan fingerprint density at radius 2 is 2.13 bits per heavy atom. The summed E-state index contributed by atoms with van der Waals surface area (Å²) in [4.78, 5) is 41.8. The Morgan fingerprint density at radius 3 is 2.87 bits per heavy atom. The van der Waals surface area contributed by atoms with Crippen molar-refractivity contribution < 1.29 is 28.6 Å². The molecule has 1 atom stereocenters. The van der Waals surface area contributed by atoms with Gasteiger partial charge in [0.05, 0.1) is 42.2 Å². The Morgan fingerprint density at radius 1 is 1.33 bits per heavy atom. The SMILES string of the molecule is CC[C@@]1(O)C(=O)OCc2c1cc1n(c2=O)Cc2c-1nc1cc(F)c(C)cc1c2C#CCCOCNC(=O)CN. The van der Waals surface area contributed by atoms with Gasteiger partial charge in [-0.3, -0.25) is 9.59 Å². The fourth-order valence-electron chi connectivity index (χ4n) is 4.90. The second-order valence-corrected chi connectivity index (χ2v) is 9.44. The summed E-state index contributed by atoms with van der Waals surface area (Å²) < 4.78 is 26.6. The zero-order valence-corrected chi connectivity index (χ0v) is 21.5. The van der Waals surface area contributed by atoms with E-state index in [0.29, 0.717) is 45.4 Å². The maximum Gasteiger partial charge on any atom is 0.343 e. The lowest BCUT2D eigenvalue weighted by atomic mass is 9.86. The van der Waals surface area contributed by atoms with E-state index in [-0.39, 0.29) is 56.5 Å². The van der Waals surface area contributed by atoms with E-state index in [1.165, 1.54) is 10.6 Å². The Bertz CT molecular complexity index is 1650. The van der Waals surface area contributed by atoms with Gasteiger partial charge in [0.1, 0.15) is 19.2 Å². The van der Waals surface area contributed by atoms with Gasteiger partial charge >= 0.3 is 5.97 Å². The topological polar surface area (TPSA) is 146 Å². The summed E-state index contributed by atoms with van der Waals surface area (Å²) in [6, 6.07) is 4.62. The smallest absolute Gasteiger partial charge is 0.343 e. The summed E-state index contributed by atoms with van der Waals surface area (Å²) in [5.74, 6) is 4.66. The first kappa shape index (κ1) is 26.5. The van der Waals surface area contributed by atoms with Crippen LogP contribution in [-0.2, 0) is 37.8 Å². The first-order valence-corrected chi connectivity index (χ1v) is 12.5. The van der Waals surface area contributed by atoms with E-state index in [1.807, 2.05) is 0 Å². The van der Waals surface area contributed by atoms with Crippen LogP contribution in [0.25, 0.3) is 22.3 Å². The van der Waals surface area contributed by atoms with Crippen molar-refractivity contribution in [3.8, 4) is 23.2 Å². The summed E-state index contributed by atoms with van der Waals surface area (Å²) in [5, 5.41) is 14.2. The molecule has 0 unspecified atom stereocenters. The summed E-state index contributed by atoms with van der Waals surface area (Å²) >= 11 is 0. The third kappa shape index (κ3) is 4.46. The number of fused-ring (bicyclic) bond motifs is 5. The third-order valence-corrected chi connectivity index (χ3v) is 7.11. The maximum absolute atomic E-state index is 14.5. The molecule has 1 aromatic carbocycles. The number of aryl methyl sites for hydroxylation is 1. The first-order chi connectivity index (χ1) is 18.7. The van der Waals surface area contributed by atoms with Gasteiger partial charge < -0.3 is 30.2 Å². The third-order valence-electron chi connectivity index (χ3n) is 7.11. The largest absolute Gasteiger partial charge is 0.458 e. The molecule has 0 aliphatic carbocycles. The normalized spacial score (nSPS) is 17.1. The number of benzene rings is 1. The lowest BCUT2D eigenvalue weighted by molar-refractivity contribution is -0.172. The van der Waals surface area contributed by atoms with Gasteiger partial charge in [-0.25, -0.2) is 14.2 Å². The first-order valence-electron chi connectivity index (χ1n) is 12.5. The monoisotopic (exact) mass is 534 g/mol. The number of carbonyl (C=O) groups excluding carboxylic acids is 2. The van der Waals surface area contributed by atoms with Crippen molar-refractivity contribution in [1.82, 2.24) is 14.9 Å². The molecule has 10 nitrogen and oxygen atoms in total. The number of nitrogens with one attached hydrogen (secondary N) is 1. The molecule has 2 aromatic heterocycles. The predicted octanol–water partition coefficient (Wildman–Crippen LogP) is 1.32. The van der Waals surface area contributed by atoms with Crippen LogP contribution in [0.1, 0.15) is 47.6 Å². The van der Waals surface area contributed by atoms with Crippen LogP contribution >= 0.6 is 0 Å². The molecule has 0 bridgehead atoms. The fraction of sp³-hybridized carbons (Fsp3) is 0.357. The highest BCUT2D eigenvalue weighted by molar-refractivity contribution is 5.92. The van der Waals surface area contributed by atoms with Gasteiger partial charge in [0.2, 0.25) is 5.91 Å². The molecule has 2 aliphatic rings. The highest BCUT2D eigenvalue weighted by Crippen LogP contribution is 2.40. The second kappa shape index (κ2) is 10.2. The molecule has 0 spiro atoms. The number of aliphatic hydroxyl groups is 1. The number of pyridine rings is 2. The molecule has 4 heterocycles. The molecular weight excluding hydrogens is 507 g/mol. The predicted molar refractivity (Wildman–Crippen MR) is 139 cm³/mol. The summed E-state index contributed by atoms with van der Waals surface area (Å²) in [6.07, 6.45) is 0.375. The average Bonchev–Trinajstić information content (AvgIpc) is 3.29. The molecule has 2 aliphatic heterocycles. The van der Waals surface area contributed by atoms with Gasteiger partial charge in [-0.05, 0) is 31.0 Å². The Balaban J connectivity index is 1.59. The quantitative estimate of drug-likeness (QED) is 0.145. The van der Waals surface area contributed by atoms with Crippen LogP contribution < -0.4 is 16.6 Å². The van der Waals surface area contributed by atoms with Crippen LogP contribution in [0.4, 0.5) is 4.39 Å². The molecule has 4 N–H and O–H groups in total. The van der Waals surface area contributed by atoms with E-state index in [9.17, 15) is 23.9 Å². The number of hydrogen-bond donors (Lipinski definition) is 3. The molecule has 0 fully saturated rings. The Hall–Kier alpha value is -4.11. The van der Waals surface area contributed by atoms with Gasteiger partial charge in [0.25, 0.3) is 5.56 Å². The molecule has 5 rings (SSSR count). The number of nitrogens with two attached hydrogens (primary N) is 1. The number of amides is 1. The maximum atomic E-state index is 14.5. The molecule has 0 saturated carbocycles. The van der Waals surface area contributed by atoms with Gasteiger partial charge in [-0.15, -0.1) is 0 Å². The minimum absolute atomic E-state index is 0.0169. The van der Waals surface area contributed by atoms with Crippen LogP contribution in [0.15, 0.2) is 23.0 Å². The van der Waals surface area contributed by atoms with Crippen molar-refractivity contribution in [2.75, 3.05) is 19.9 Å². The number of nitrogens with zero attached hydrogens (tertiary/aromatic N) is 2. The number of aromatic nitrogens is 2. The Labute approximate surface area is 222 Å². The lowest BCUT2D eigenvalue weighted by Gasteiger charge is -2.31. The molecule has 0 radical (unpaired) electrons. The van der Waals surface area contributed by atoms with Crippen LogP contribution in [-0.4, -0.2) is 46.4 Å². The van der Waals surface area contributed by atoms with Crippen molar-refractivity contribution in [3.63, 3.8) is 0 Å². The van der Waals surface area contributed by atoms with Crippen LogP contribution in [0, 0.1) is 24.6 Å². The van der Waals surface area contributed by atoms with E-state index in [0.717, 1.165) is 0 Å². The van der Waals surface area contributed by atoms with Crippen LogP contribution in [0.5, 0.6) is 0 Å². The molecule has 202 valence electrons. The second-order valence-electron chi connectivity index (χ2n) is 9.44. The van der Waals surface area contributed by atoms with Gasteiger partial charge in [0.15, 0.2) is 5.60 Å². The van der Waals surface area contributed by atoms with Crippen LogP contribution in [0.3, 0.4) is 0 Å². The molecular formula is C28H27FN4O6. The van der Waals surface area contributed by atoms with E-state index in [4.69, 9.17) is 20.2 Å². The van der Waals surface area contributed by atoms with Crippen LogP contribution in [0.2, 0.25) is 0 Å². The van der Waals surface area contributed by atoms with Crippen molar-refractivity contribution in [2.24, 2.45) is 5.73 Å².